The van der Waals surface area contributed by atoms with Crippen molar-refractivity contribution in [3.05, 3.63) is 44.9 Å². The Balaban J connectivity index is 1.24. The molecule has 5 rings (SSSR count). The molecule has 160 valence electrons. The zero-order chi connectivity index (χ0) is 21.7. The first-order valence-electron chi connectivity index (χ1n) is 9.05. The zero-order valence-corrected chi connectivity index (χ0v) is 17.3. The Morgan fingerprint density at radius 2 is 1.90 bits per heavy atom. The van der Waals surface area contributed by atoms with Gasteiger partial charge in [-0.1, -0.05) is 11.6 Å². The lowest BCUT2D eigenvalue weighted by Gasteiger charge is -2.70. The number of benzene rings is 1. The molecule has 0 unspecified atom stereocenters. The minimum absolute atomic E-state index is 0.152. The highest BCUT2D eigenvalue weighted by Crippen LogP contribution is 2.60. The fraction of sp³-hybridized carbons (Fsp3) is 0.421. The van der Waals surface area contributed by atoms with Gasteiger partial charge in [-0.15, -0.1) is 11.3 Å². The topological polar surface area (TPSA) is 80.3 Å². The van der Waals surface area contributed by atoms with E-state index in [4.69, 9.17) is 16.3 Å². The number of hydrogen-bond acceptors (Lipinski definition) is 5. The molecule has 3 fully saturated rings. The van der Waals surface area contributed by atoms with Gasteiger partial charge in [0, 0.05) is 21.5 Å². The predicted molar refractivity (Wildman–Crippen MR) is 104 cm³/mol. The summed E-state index contributed by atoms with van der Waals surface area (Å²) in [4.78, 5) is 27.7. The van der Waals surface area contributed by atoms with Gasteiger partial charge in [0.15, 0.2) is 11.6 Å². The minimum Gasteiger partial charge on any atom is -0.484 e. The molecule has 11 heteroatoms. The first-order valence-corrected chi connectivity index (χ1v) is 10.3. The maximum absolute atomic E-state index is 12.6. The van der Waals surface area contributed by atoms with Crippen molar-refractivity contribution in [1.82, 2.24) is 15.6 Å². The van der Waals surface area contributed by atoms with Gasteiger partial charge in [-0.2, -0.15) is 13.2 Å². The maximum atomic E-state index is 12.6. The van der Waals surface area contributed by atoms with E-state index in [1.807, 2.05) is 6.92 Å². The average Bonchev–Trinajstić information content (AvgIpc) is 3.10. The van der Waals surface area contributed by atoms with Crippen molar-refractivity contribution in [2.75, 3.05) is 6.61 Å². The standard InChI is InChI=1S/C19H17ClF3N3O3S/c1-10-4-11(2-3-12(10)20)29-5-14(27)25-17-7-18(8-17,9-17)26-15(28)13-6-30-16(24-13)19(21,22)23/h2-4,6H,5,7-9H2,1H3,(H,25,27)(H,26,28). The van der Waals surface area contributed by atoms with E-state index in [-0.39, 0.29) is 18.2 Å². The lowest BCUT2D eigenvalue weighted by molar-refractivity contribution is -0.141. The average molecular weight is 460 g/mol. The van der Waals surface area contributed by atoms with Crippen LogP contribution < -0.4 is 15.4 Å². The summed E-state index contributed by atoms with van der Waals surface area (Å²) in [6, 6.07) is 5.11. The van der Waals surface area contributed by atoms with Crippen LogP contribution in [-0.4, -0.2) is 34.5 Å². The van der Waals surface area contributed by atoms with Crippen LogP contribution in [0.2, 0.25) is 5.02 Å². The highest BCUT2D eigenvalue weighted by molar-refractivity contribution is 7.09. The lowest BCUT2D eigenvalue weighted by Crippen LogP contribution is -2.84. The Kier molecular flexibility index (Phi) is 4.97. The maximum Gasteiger partial charge on any atom is 0.443 e. The van der Waals surface area contributed by atoms with E-state index in [9.17, 15) is 22.8 Å². The van der Waals surface area contributed by atoms with Gasteiger partial charge in [-0.25, -0.2) is 4.98 Å². The summed E-state index contributed by atoms with van der Waals surface area (Å²) in [5.74, 6) is -0.380. The Bertz CT molecular complexity index is 1000. The van der Waals surface area contributed by atoms with Crippen molar-refractivity contribution >= 4 is 34.8 Å². The Morgan fingerprint density at radius 3 is 2.50 bits per heavy atom. The summed E-state index contributed by atoms with van der Waals surface area (Å²) in [5.41, 5.74) is -0.306. The van der Waals surface area contributed by atoms with Crippen LogP contribution in [0.5, 0.6) is 5.75 Å². The van der Waals surface area contributed by atoms with Crippen LogP contribution in [0.3, 0.4) is 0 Å². The van der Waals surface area contributed by atoms with Crippen LogP contribution in [0.1, 0.15) is 40.3 Å². The first-order chi connectivity index (χ1) is 14.0. The van der Waals surface area contributed by atoms with E-state index in [0.717, 1.165) is 10.9 Å². The third-order valence-electron chi connectivity index (χ3n) is 5.29. The van der Waals surface area contributed by atoms with E-state index in [1.54, 1.807) is 18.2 Å². The molecule has 2 N–H and O–H groups in total. The largest absolute Gasteiger partial charge is 0.484 e. The molecule has 3 aliphatic carbocycles. The first kappa shape index (κ1) is 20.9. The number of nitrogens with zero attached hydrogens (tertiary/aromatic N) is 1. The molecule has 2 bridgehead atoms. The second kappa shape index (κ2) is 7.12. The summed E-state index contributed by atoms with van der Waals surface area (Å²) in [5, 5.41) is 6.32. The minimum atomic E-state index is -4.57. The molecular weight excluding hydrogens is 443 g/mol. The third kappa shape index (κ3) is 3.98. The van der Waals surface area contributed by atoms with Crippen molar-refractivity contribution < 1.29 is 27.5 Å². The SMILES string of the molecule is Cc1cc(OCC(=O)NC23CC(NC(=O)c4csc(C(F)(F)F)n4)(C2)C3)ccc1Cl. The molecule has 3 saturated carbocycles. The molecule has 3 aliphatic rings. The third-order valence-corrected chi connectivity index (χ3v) is 6.60. The van der Waals surface area contributed by atoms with Gasteiger partial charge in [0.1, 0.15) is 11.4 Å². The van der Waals surface area contributed by atoms with Gasteiger partial charge >= 0.3 is 6.18 Å². The Labute approximate surface area is 178 Å². The summed E-state index contributed by atoms with van der Waals surface area (Å²) in [6.07, 6.45) is -3.00. The molecule has 1 heterocycles. The van der Waals surface area contributed by atoms with Crippen LogP contribution in [0.25, 0.3) is 0 Å². The fourth-order valence-electron chi connectivity index (χ4n) is 4.05. The molecule has 2 aromatic rings. The number of aromatic nitrogens is 1. The monoisotopic (exact) mass is 459 g/mol. The number of nitrogens with one attached hydrogen (secondary N) is 2. The number of carbonyl (C=O) groups excluding carboxylic acids is 2. The van der Waals surface area contributed by atoms with Crippen LogP contribution in [0, 0.1) is 6.92 Å². The Hall–Kier alpha value is -2.33. The summed E-state index contributed by atoms with van der Waals surface area (Å²) >= 11 is 6.34. The van der Waals surface area contributed by atoms with Crippen molar-refractivity contribution in [2.24, 2.45) is 0 Å². The molecule has 0 aliphatic heterocycles. The second-order valence-electron chi connectivity index (χ2n) is 7.83. The molecule has 0 saturated heterocycles. The molecule has 6 nitrogen and oxygen atoms in total. The number of aryl methyl sites for hydroxylation is 1. The Morgan fingerprint density at radius 1 is 1.23 bits per heavy atom. The van der Waals surface area contributed by atoms with E-state index in [1.165, 1.54) is 0 Å². The van der Waals surface area contributed by atoms with Crippen LogP contribution in [0.15, 0.2) is 23.6 Å². The van der Waals surface area contributed by atoms with Crippen LogP contribution in [0.4, 0.5) is 13.2 Å². The number of halogens is 4. The lowest BCUT2D eigenvalue weighted by atomic mass is 9.44. The number of rotatable bonds is 6. The van der Waals surface area contributed by atoms with Gasteiger partial charge in [0.25, 0.3) is 11.8 Å². The summed E-state index contributed by atoms with van der Waals surface area (Å²) < 4.78 is 43.4. The molecule has 30 heavy (non-hydrogen) atoms. The van der Waals surface area contributed by atoms with Crippen LogP contribution in [-0.2, 0) is 11.0 Å². The van der Waals surface area contributed by atoms with Crippen molar-refractivity contribution in [2.45, 2.75) is 43.4 Å². The summed E-state index contributed by atoms with van der Waals surface area (Å²) in [7, 11) is 0. The molecule has 0 spiro atoms. The van der Waals surface area contributed by atoms with E-state index in [0.29, 0.717) is 41.4 Å². The van der Waals surface area contributed by atoms with Crippen LogP contribution >= 0.6 is 22.9 Å². The van der Waals surface area contributed by atoms with Crippen molar-refractivity contribution in [3.8, 4) is 5.75 Å². The molecule has 1 aromatic heterocycles. The normalized spacial score (nSPS) is 24.4. The quantitative estimate of drug-likeness (QED) is 0.690. The zero-order valence-electron chi connectivity index (χ0n) is 15.7. The molecular formula is C19H17ClF3N3O3S. The number of amides is 2. The van der Waals surface area contributed by atoms with E-state index in [2.05, 4.69) is 15.6 Å². The number of carbonyl (C=O) groups is 2. The fourth-order valence-corrected chi connectivity index (χ4v) is 4.84. The van der Waals surface area contributed by atoms with Gasteiger partial charge in [0.05, 0.1) is 0 Å². The van der Waals surface area contributed by atoms with Crippen molar-refractivity contribution in [3.63, 3.8) is 0 Å². The number of ether oxygens (including phenoxy) is 1. The highest BCUT2D eigenvalue weighted by atomic mass is 35.5. The van der Waals surface area contributed by atoms with Crippen molar-refractivity contribution in [1.29, 1.82) is 0 Å². The van der Waals surface area contributed by atoms with Gasteiger partial charge in [-0.3, -0.25) is 9.59 Å². The van der Waals surface area contributed by atoms with Gasteiger partial charge in [-0.05, 0) is 49.9 Å². The second-order valence-corrected chi connectivity index (χ2v) is 9.09. The summed E-state index contributed by atoms with van der Waals surface area (Å²) in [6.45, 7) is 1.68. The number of hydrogen-bond donors (Lipinski definition) is 2. The van der Waals surface area contributed by atoms with E-state index >= 15 is 0 Å². The molecule has 2 amide bonds. The predicted octanol–water partition coefficient (Wildman–Crippen LogP) is 3.72. The number of thiazole rings is 1. The number of alkyl halides is 3. The van der Waals surface area contributed by atoms with E-state index < -0.39 is 28.2 Å². The molecule has 0 radical (unpaired) electrons. The van der Waals surface area contributed by atoms with Gasteiger partial charge in [0.2, 0.25) is 0 Å². The molecule has 0 atom stereocenters. The van der Waals surface area contributed by atoms with Gasteiger partial charge < -0.3 is 15.4 Å². The highest BCUT2D eigenvalue weighted by Gasteiger charge is 2.69. The smallest absolute Gasteiger partial charge is 0.443 e. The molecule has 1 aromatic carbocycles.